The number of terminal acetylenes is 1. The molecule has 37 heavy (non-hydrogen) atoms. The largest absolute Gasteiger partial charge is 0.480 e. The number of hydrogen-bond donors (Lipinski definition) is 1. The molecule has 0 saturated heterocycles. The molecule has 5 rings (SSSR count). The fraction of sp³-hybridized carbons (Fsp3) is 0.0625. The maximum Gasteiger partial charge on any atom is 0.271 e. The first-order chi connectivity index (χ1) is 18.2. The summed E-state index contributed by atoms with van der Waals surface area (Å²) in [5.41, 5.74) is 8.20. The van der Waals surface area contributed by atoms with E-state index in [2.05, 4.69) is 52.2 Å². The van der Waals surface area contributed by atoms with Crippen molar-refractivity contribution >= 4 is 22.9 Å². The lowest BCUT2D eigenvalue weighted by atomic mass is 10.0. The summed E-state index contributed by atoms with van der Waals surface area (Å²) < 4.78 is 7.87. The molecular formula is C32H25N3O2. The molecule has 0 atom stereocenters. The molecule has 4 aromatic carbocycles. The van der Waals surface area contributed by atoms with Gasteiger partial charge in [-0.1, -0.05) is 66.6 Å². The van der Waals surface area contributed by atoms with Crippen LogP contribution in [-0.4, -0.2) is 23.3 Å². The van der Waals surface area contributed by atoms with Crippen molar-refractivity contribution in [2.45, 2.75) is 6.92 Å². The van der Waals surface area contributed by atoms with Gasteiger partial charge in [0.1, 0.15) is 12.4 Å². The van der Waals surface area contributed by atoms with Gasteiger partial charge in [-0.2, -0.15) is 5.10 Å². The molecule has 1 aromatic heterocycles. The third kappa shape index (κ3) is 5.00. The van der Waals surface area contributed by atoms with Crippen molar-refractivity contribution < 1.29 is 9.53 Å². The Morgan fingerprint density at radius 2 is 1.70 bits per heavy atom. The lowest BCUT2D eigenvalue weighted by molar-refractivity contribution is 0.0955. The lowest BCUT2D eigenvalue weighted by Crippen LogP contribution is -2.17. The summed E-state index contributed by atoms with van der Waals surface area (Å²) in [7, 11) is 0. The number of hydrazone groups is 1. The van der Waals surface area contributed by atoms with Gasteiger partial charge in [0.05, 0.1) is 11.9 Å². The first kappa shape index (κ1) is 23.7. The fourth-order valence-electron chi connectivity index (χ4n) is 4.35. The van der Waals surface area contributed by atoms with Crippen LogP contribution in [0.1, 0.15) is 21.6 Å². The van der Waals surface area contributed by atoms with Crippen LogP contribution in [0.25, 0.3) is 27.7 Å². The third-order valence-corrected chi connectivity index (χ3v) is 6.13. The van der Waals surface area contributed by atoms with Crippen LogP contribution in [0.3, 0.4) is 0 Å². The van der Waals surface area contributed by atoms with Gasteiger partial charge in [0, 0.05) is 22.5 Å². The van der Waals surface area contributed by atoms with Crippen molar-refractivity contribution in [1.82, 2.24) is 9.99 Å². The zero-order valence-corrected chi connectivity index (χ0v) is 20.4. The number of nitrogens with one attached hydrogen (secondary N) is 1. The number of nitrogens with zero attached hydrogens (tertiary/aromatic N) is 2. The number of hydrogen-bond acceptors (Lipinski definition) is 3. The minimum atomic E-state index is -0.304. The van der Waals surface area contributed by atoms with Crippen LogP contribution in [-0.2, 0) is 0 Å². The van der Waals surface area contributed by atoms with Crippen LogP contribution in [0.4, 0.5) is 0 Å². The number of aryl methyl sites for hydroxylation is 1. The van der Waals surface area contributed by atoms with E-state index in [0.29, 0.717) is 11.3 Å². The van der Waals surface area contributed by atoms with Gasteiger partial charge in [-0.05, 0) is 65.7 Å². The highest BCUT2D eigenvalue weighted by molar-refractivity contribution is 6.03. The molecule has 0 fully saturated rings. The van der Waals surface area contributed by atoms with Gasteiger partial charge >= 0.3 is 0 Å². The molecule has 1 amide bonds. The van der Waals surface area contributed by atoms with E-state index < -0.39 is 0 Å². The number of rotatable bonds is 7. The van der Waals surface area contributed by atoms with Crippen LogP contribution < -0.4 is 10.2 Å². The van der Waals surface area contributed by atoms with E-state index in [0.717, 1.165) is 39.0 Å². The Hall–Kier alpha value is -5.08. The molecule has 180 valence electrons. The van der Waals surface area contributed by atoms with E-state index in [1.807, 2.05) is 66.7 Å². The zero-order valence-electron chi connectivity index (χ0n) is 20.4. The topological polar surface area (TPSA) is 55.6 Å². The summed E-state index contributed by atoms with van der Waals surface area (Å²) >= 11 is 0. The molecule has 5 nitrogen and oxygen atoms in total. The van der Waals surface area contributed by atoms with Crippen molar-refractivity contribution in [2.24, 2.45) is 5.10 Å². The number of ether oxygens (including phenoxy) is 1. The summed E-state index contributed by atoms with van der Waals surface area (Å²) in [5.74, 6) is 2.78. The standard InChI is InChI=1S/C32H25N3O2/c1-3-21-37-31-20-16-24-9-7-8-12-28(24)29(31)22-33-34-32(36)26-14-17-27(18-15-26)35-23(2)13-19-30(35)25-10-5-4-6-11-25/h1,4-20,22H,21H2,2H3,(H,34,36)/b33-22+. The summed E-state index contributed by atoms with van der Waals surface area (Å²) in [6.07, 6.45) is 6.96. The predicted molar refractivity (Wildman–Crippen MR) is 149 cm³/mol. The minimum absolute atomic E-state index is 0.144. The van der Waals surface area contributed by atoms with E-state index in [-0.39, 0.29) is 12.5 Å². The second-order valence-corrected chi connectivity index (χ2v) is 8.50. The molecule has 0 aliphatic carbocycles. The molecule has 0 unspecified atom stereocenters. The molecule has 1 heterocycles. The van der Waals surface area contributed by atoms with Crippen molar-refractivity contribution in [1.29, 1.82) is 0 Å². The van der Waals surface area contributed by atoms with Crippen molar-refractivity contribution in [3.63, 3.8) is 0 Å². The highest BCUT2D eigenvalue weighted by Crippen LogP contribution is 2.28. The fourth-order valence-corrected chi connectivity index (χ4v) is 4.35. The zero-order chi connectivity index (χ0) is 25.6. The van der Waals surface area contributed by atoms with E-state index >= 15 is 0 Å². The second-order valence-electron chi connectivity index (χ2n) is 8.50. The Morgan fingerprint density at radius 1 is 0.946 bits per heavy atom. The molecular weight excluding hydrogens is 458 g/mol. The molecule has 1 N–H and O–H groups in total. The van der Waals surface area contributed by atoms with E-state index in [1.54, 1.807) is 18.3 Å². The Kier molecular flexibility index (Phi) is 6.82. The molecule has 0 radical (unpaired) electrons. The highest BCUT2D eigenvalue weighted by atomic mass is 16.5. The van der Waals surface area contributed by atoms with Gasteiger partial charge in [0.2, 0.25) is 0 Å². The number of carbonyl (C=O) groups excluding carboxylic acids is 1. The number of carbonyl (C=O) groups is 1. The van der Waals surface area contributed by atoms with Crippen LogP contribution >= 0.6 is 0 Å². The lowest BCUT2D eigenvalue weighted by Gasteiger charge is -2.13. The summed E-state index contributed by atoms with van der Waals surface area (Å²) in [5, 5.41) is 6.21. The normalized spacial score (nSPS) is 10.9. The number of amides is 1. The van der Waals surface area contributed by atoms with Gasteiger partial charge in [-0.3, -0.25) is 4.79 Å². The third-order valence-electron chi connectivity index (χ3n) is 6.13. The Bertz CT molecular complexity index is 1630. The van der Waals surface area contributed by atoms with Crippen molar-refractivity contribution in [3.05, 3.63) is 120 Å². The first-order valence-corrected chi connectivity index (χ1v) is 11.9. The monoisotopic (exact) mass is 483 g/mol. The van der Waals surface area contributed by atoms with Gasteiger partial charge in [-0.25, -0.2) is 5.43 Å². The minimum Gasteiger partial charge on any atom is -0.480 e. The predicted octanol–water partition coefficient (Wildman–Crippen LogP) is 6.38. The summed E-state index contributed by atoms with van der Waals surface area (Å²) in [6, 6.07) is 33.6. The SMILES string of the molecule is C#CCOc1ccc2ccccc2c1/C=N/NC(=O)c1ccc(-n2c(C)ccc2-c2ccccc2)cc1. The smallest absolute Gasteiger partial charge is 0.271 e. The van der Waals surface area contributed by atoms with E-state index in [9.17, 15) is 4.79 Å². The Balaban J connectivity index is 1.36. The van der Waals surface area contributed by atoms with Crippen molar-refractivity contribution in [3.8, 4) is 35.0 Å². The van der Waals surface area contributed by atoms with Gasteiger partial charge in [0.25, 0.3) is 5.91 Å². The summed E-state index contributed by atoms with van der Waals surface area (Å²) in [6.45, 7) is 2.21. The Labute approximate surface area is 216 Å². The van der Waals surface area contributed by atoms with E-state index in [4.69, 9.17) is 11.2 Å². The molecule has 0 aliphatic rings. The number of fused-ring (bicyclic) bond motifs is 1. The van der Waals surface area contributed by atoms with Gasteiger partial charge in [0.15, 0.2) is 0 Å². The van der Waals surface area contributed by atoms with Crippen molar-refractivity contribution in [2.75, 3.05) is 6.61 Å². The molecule has 0 aliphatic heterocycles. The van der Waals surface area contributed by atoms with Crippen LogP contribution in [0, 0.1) is 19.3 Å². The maximum atomic E-state index is 12.8. The molecule has 0 saturated carbocycles. The number of aromatic nitrogens is 1. The summed E-state index contributed by atoms with van der Waals surface area (Å²) in [4.78, 5) is 12.8. The maximum absolute atomic E-state index is 12.8. The van der Waals surface area contributed by atoms with E-state index in [1.165, 1.54) is 0 Å². The molecule has 0 bridgehead atoms. The number of benzene rings is 4. The quantitative estimate of drug-likeness (QED) is 0.166. The molecule has 5 heteroatoms. The second kappa shape index (κ2) is 10.7. The average molecular weight is 484 g/mol. The molecule has 5 aromatic rings. The van der Waals surface area contributed by atoms with Crippen LogP contribution in [0.5, 0.6) is 5.75 Å². The van der Waals surface area contributed by atoms with Gasteiger partial charge in [-0.15, -0.1) is 6.42 Å². The Morgan fingerprint density at radius 3 is 2.49 bits per heavy atom. The van der Waals surface area contributed by atoms with Gasteiger partial charge < -0.3 is 9.30 Å². The average Bonchev–Trinajstić information content (AvgIpc) is 3.34. The first-order valence-electron chi connectivity index (χ1n) is 11.9. The molecule has 0 spiro atoms. The highest BCUT2D eigenvalue weighted by Gasteiger charge is 2.11. The van der Waals surface area contributed by atoms with Crippen LogP contribution in [0.15, 0.2) is 108 Å². The van der Waals surface area contributed by atoms with Crippen LogP contribution in [0.2, 0.25) is 0 Å².